The molecule has 0 spiro atoms. The van der Waals surface area contributed by atoms with Crippen LogP contribution in [0.15, 0.2) is 60.5 Å². The number of hydrogen-bond acceptors (Lipinski definition) is 1. The highest BCUT2D eigenvalue weighted by atomic mass is 14.9. The van der Waals surface area contributed by atoms with Crippen molar-refractivity contribution in [3.63, 3.8) is 0 Å². The van der Waals surface area contributed by atoms with Crippen LogP contribution >= 0.6 is 0 Å². The van der Waals surface area contributed by atoms with Crippen LogP contribution in [0.25, 0.3) is 5.57 Å². The van der Waals surface area contributed by atoms with Gasteiger partial charge in [-0.15, -0.1) is 0 Å². The molecule has 1 aliphatic rings. The molecule has 0 unspecified atom stereocenters. The minimum Gasteiger partial charge on any atom is -0.349 e. The van der Waals surface area contributed by atoms with Crippen LogP contribution in [0.5, 0.6) is 0 Å². The molecule has 1 N–H and O–H groups in total. The molecule has 0 fully saturated rings. The van der Waals surface area contributed by atoms with Gasteiger partial charge in [-0.1, -0.05) is 42.7 Å². The van der Waals surface area contributed by atoms with E-state index in [1.165, 1.54) is 5.56 Å². The number of nitrogens with one attached hydrogen (secondary N) is 1. The molecule has 74 valence electrons. The van der Waals surface area contributed by atoms with E-state index >= 15 is 0 Å². The van der Waals surface area contributed by atoms with Gasteiger partial charge in [0.2, 0.25) is 0 Å². The molecule has 1 heterocycles. The van der Waals surface area contributed by atoms with Crippen LogP contribution in [0.2, 0.25) is 0 Å². The van der Waals surface area contributed by atoms with Crippen LogP contribution in [-0.4, -0.2) is 0 Å². The van der Waals surface area contributed by atoms with Crippen molar-refractivity contribution in [2.45, 2.75) is 6.92 Å². The van der Waals surface area contributed by atoms with Gasteiger partial charge in [0.25, 0.3) is 0 Å². The predicted octanol–water partition coefficient (Wildman–Crippen LogP) is 3.74. The fourth-order valence-electron chi connectivity index (χ4n) is 1.61. The third-order valence-electron chi connectivity index (χ3n) is 2.32. The van der Waals surface area contributed by atoms with Crippen LogP contribution < -0.4 is 5.32 Å². The monoisotopic (exact) mass is 195 g/mol. The molecule has 1 aromatic rings. The number of anilines is 1. The van der Waals surface area contributed by atoms with Crippen molar-refractivity contribution in [2.24, 2.45) is 0 Å². The van der Waals surface area contributed by atoms with Crippen molar-refractivity contribution in [3.05, 3.63) is 66.1 Å². The summed E-state index contributed by atoms with van der Waals surface area (Å²) in [5.74, 6) is 0. The Balaban J connectivity index is 2.46. The molecule has 2 rings (SSSR count). The van der Waals surface area contributed by atoms with Crippen molar-refractivity contribution in [2.75, 3.05) is 5.32 Å². The van der Waals surface area contributed by atoms with Gasteiger partial charge in [-0.05, 0) is 19.1 Å². The molecule has 1 heteroatoms. The fourth-order valence-corrected chi connectivity index (χ4v) is 1.61. The maximum atomic E-state index is 3.65. The van der Waals surface area contributed by atoms with E-state index in [2.05, 4.69) is 36.7 Å². The summed E-state index contributed by atoms with van der Waals surface area (Å²) in [5.41, 5.74) is 7.79. The van der Waals surface area contributed by atoms with E-state index in [1.807, 2.05) is 24.3 Å². The number of hydrogen-bond donors (Lipinski definition) is 1. The molecule has 0 saturated carbocycles. The van der Waals surface area contributed by atoms with E-state index < -0.39 is 0 Å². The highest BCUT2D eigenvalue weighted by Gasteiger charge is 2.08. The zero-order valence-corrected chi connectivity index (χ0v) is 8.75. The Hall–Kier alpha value is -1.98. The summed E-state index contributed by atoms with van der Waals surface area (Å²) in [6.07, 6.45) is 5.62. The summed E-state index contributed by atoms with van der Waals surface area (Å²) in [4.78, 5) is 0. The van der Waals surface area contributed by atoms with Crippen molar-refractivity contribution < 1.29 is 0 Å². The lowest BCUT2D eigenvalue weighted by molar-refractivity contribution is 1.41. The highest BCUT2D eigenvalue weighted by Crippen LogP contribution is 2.27. The average molecular weight is 195 g/mol. The molecular weight excluding hydrogens is 182 g/mol. The lowest BCUT2D eigenvalue weighted by Crippen LogP contribution is -2.02. The third-order valence-corrected chi connectivity index (χ3v) is 2.32. The highest BCUT2D eigenvalue weighted by molar-refractivity contribution is 5.79. The SMILES string of the molecule is C=C/C=C\C1=C=C(C)c2ccccc2N1. The number of benzene rings is 1. The molecule has 1 nitrogen and oxygen atoms in total. The van der Waals surface area contributed by atoms with Crippen LogP contribution in [0.4, 0.5) is 5.69 Å². The van der Waals surface area contributed by atoms with Crippen molar-refractivity contribution in [1.29, 1.82) is 0 Å². The minimum absolute atomic E-state index is 0.978. The second-order valence-corrected chi connectivity index (χ2v) is 3.43. The molecule has 0 aliphatic carbocycles. The van der Waals surface area contributed by atoms with Gasteiger partial charge in [-0.25, -0.2) is 0 Å². The molecular formula is C14H13N. The average Bonchev–Trinajstić information content (AvgIpc) is 2.26. The Bertz CT molecular complexity index is 486. The second kappa shape index (κ2) is 4.04. The predicted molar refractivity (Wildman–Crippen MR) is 65.5 cm³/mol. The Kier molecular flexibility index (Phi) is 2.57. The maximum Gasteiger partial charge on any atom is 0.0820 e. The lowest BCUT2D eigenvalue weighted by atomic mass is 10.0. The standard InChI is InChI=1S/C14H13N/c1-3-4-7-12-10-11(2)13-8-5-6-9-14(13)15-12/h3-9,15H,1H2,2H3/b7-4-. The second-order valence-electron chi connectivity index (χ2n) is 3.43. The summed E-state index contributed by atoms with van der Waals surface area (Å²) < 4.78 is 0. The normalized spacial score (nSPS) is 13.9. The van der Waals surface area contributed by atoms with Crippen molar-refractivity contribution in [3.8, 4) is 0 Å². The Morgan fingerprint density at radius 1 is 1.33 bits per heavy atom. The summed E-state index contributed by atoms with van der Waals surface area (Å²) in [6, 6.07) is 8.23. The van der Waals surface area contributed by atoms with Gasteiger partial charge in [-0.2, -0.15) is 0 Å². The van der Waals surface area contributed by atoms with E-state index in [4.69, 9.17) is 0 Å². The molecule has 1 aromatic carbocycles. The van der Waals surface area contributed by atoms with E-state index in [0.29, 0.717) is 0 Å². The smallest absolute Gasteiger partial charge is 0.0820 e. The summed E-state index contributed by atoms with van der Waals surface area (Å²) in [7, 11) is 0. The number of allylic oxidation sites excluding steroid dienone is 3. The van der Waals surface area contributed by atoms with Gasteiger partial charge in [0.15, 0.2) is 0 Å². The molecule has 0 saturated heterocycles. The molecule has 0 aromatic heterocycles. The molecule has 0 bridgehead atoms. The van der Waals surface area contributed by atoms with E-state index in [0.717, 1.165) is 17.0 Å². The van der Waals surface area contributed by atoms with E-state index in [1.54, 1.807) is 6.08 Å². The lowest BCUT2D eigenvalue weighted by Gasteiger charge is -2.15. The first-order chi connectivity index (χ1) is 7.31. The zero-order chi connectivity index (χ0) is 10.7. The summed E-state index contributed by atoms with van der Waals surface area (Å²) >= 11 is 0. The first kappa shape index (κ1) is 9.57. The fraction of sp³-hybridized carbons (Fsp3) is 0.0714. The first-order valence-corrected chi connectivity index (χ1v) is 4.94. The number of para-hydroxylation sites is 1. The molecule has 0 atom stereocenters. The third kappa shape index (κ3) is 1.93. The first-order valence-electron chi connectivity index (χ1n) is 4.94. The largest absolute Gasteiger partial charge is 0.349 e. The topological polar surface area (TPSA) is 12.0 Å². The molecule has 15 heavy (non-hydrogen) atoms. The van der Waals surface area contributed by atoms with Crippen LogP contribution in [0.3, 0.4) is 0 Å². The van der Waals surface area contributed by atoms with Crippen molar-refractivity contribution >= 4 is 11.3 Å². The van der Waals surface area contributed by atoms with E-state index in [9.17, 15) is 0 Å². The quantitative estimate of drug-likeness (QED) is 0.560. The van der Waals surface area contributed by atoms with Gasteiger partial charge in [0.1, 0.15) is 0 Å². The van der Waals surface area contributed by atoms with Crippen molar-refractivity contribution in [1.82, 2.24) is 0 Å². The van der Waals surface area contributed by atoms with Crippen LogP contribution in [-0.2, 0) is 0 Å². The Morgan fingerprint density at radius 3 is 2.93 bits per heavy atom. The summed E-state index contributed by atoms with van der Waals surface area (Å²) in [5, 5.41) is 3.31. The van der Waals surface area contributed by atoms with E-state index in [-0.39, 0.29) is 0 Å². The zero-order valence-electron chi connectivity index (χ0n) is 8.75. The maximum absolute atomic E-state index is 3.65. The Labute approximate surface area is 90.1 Å². The molecule has 1 aliphatic heterocycles. The van der Waals surface area contributed by atoms with Gasteiger partial charge in [0.05, 0.1) is 5.70 Å². The van der Waals surface area contributed by atoms with Gasteiger partial charge in [-0.3, -0.25) is 0 Å². The molecule has 0 amide bonds. The summed E-state index contributed by atoms with van der Waals surface area (Å²) in [6.45, 7) is 5.72. The van der Waals surface area contributed by atoms with Crippen LogP contribution in [0, 0.1) is 0 Å². The van der Waals surface area contributed by atoms with Gasteiger partial charge < -0.3 is 5.32 Å². The minimum atomic E-state index is 0.978. The molecule has 0 radical (unpaired) electrons. The number of rotatable bonds is 2. The van der Waals surface area contributed by atoms with Crippen LogP contribution in [0.1, 0.15) is 12.5 Å². The van der Waals surface area contributed by atoms with Gasteiger partial charge >= 0.3 is 0 Å². The number of fused-ring (bicyclic) bond motifs is 1. The van der Waals surface area contributed by atoms with Gasteiger partial charge in [0, 0.05) is 16.8 Å². The Morgan fingerprint density at radius 2 is 2.13 bits per heavy atom.